The van der Waals surface area contributed by atoms with Gasteiger partial charge in [0.25, 0.3) is 5.91 Å². The Hall–Kier alpha value is -3.35. The van der Waals surface area contributed by atoms with Crippen LogP contribution in [0.25, 0.3) is 0 Å². The SMILES string of the molecule is O=C(CCc1ccccc1)NCC(=O)N/N=C/c1ccc2c(c1)OCO2. The number of rotatable bonds is 7. The van der Waals surface area contributed by atoms with Crippen molar-refractivity contribution >= 4 is 18.0 Å². The van der Waals surface area contributed by atoms with Gasteiger partial charge in [-0.05, 0) is 35.7 Å². The van der Waals surface area contributed by atoms with E-state index in [-0.39, 0.29) is 19.2 Å². The molecule has 0 atom stereocenters. The predicted molar refractivity (Wildman–Crippen MR) is 96.1 cm³/mol. The Morgan fingerprint density at radius 1 is 1.04 bits per heavy atom. The number of carbonyl (C=O) groups is 2. The van der Waals surface area contributed by atoms with Crippen LogP contribution in [0.4, 0.5) is 0 Å². The Morgan fingerprint density at radius 2 is 1.85 bits per heavy atom. The van der Waals surface area contributed by atoms with Gasteiger partial charge < -0.3 is 14.8 Å². The summed E-state index contributed by atoms with van der Waals surface area (Å²) < 4.78 is 10.5. The number of ether oxygens (including phenoxy) is 2. The molecular formula is C19H19N3O4. The third kappa shape index (κ3) is 5.07. The van der Waals surface area contributed by atoms with Gasteiger partial charge in [0.05, 0.1) is 12.8 Å². The molecule has 0 unspecified atom stereocenters. The van der Waals surface area contributed by atoms with Crippen LogP contribution in [0.3, 0.4) is 0 Å². The highest BCUT2D eigenvalue weighted by molar-refractivity contribution is 5.86. The lowest BCUT2D eigenvalue weighted by atomic mass is 10.1. The molecule has 0 spiro atoms. The quantitative estimate of drug-likeness (QED) is 0.585. The number of carbonyl (C=O) groups excluding carboxylic acids is 2. The van der Waals surface area contributed by atoms with Crippen LogP contribution in [0.15, 0.2) is 53.6 Å². The molecule has 0 bridgehead atoms. The molecule has 0 saturated carbocycles. The fourth-order valence-electron chi connectivity index (χ4n) is 2.38. The lowest BCUT2D eigenvalue weighted by molar-refractivity contribution is -0.126. The van der Waals surface area contributed by atoms with Crippen LogP contribution >= 0.6 is 0 Å². The molecule has 0 radical (unpaired) electrons. The number of hydrazone groups is 1. The van der Waals surface area contributed by atoms with E-state index < -0.39 is 5.91 Å². The highest BCUT2D eigenvalue weighted by atomic mass is 16.7. The normalized spacial score (nSPS) is 12.2. The van der Waals surface area contributed by atoms with Crippen LogP contribution in [0, 0.1) is 0 Å². The second-order valence-electron chi connectivity index (χ2n) is 5.67. The standard InChI is InChI=1S/C19H19N3O4/c23-18(9-7-14-4-2-1-3-5-14)20-12-19(24)22-21-11-15-6-8-16-17(10-15)26-13-25-16/h1-6,8,10-11H,7,9,12-13H2,(H,20,23)(H,22,24)/b21-11+. The maximum absolute atomic E-state index is 11.8. The number of aryl methyl sites for hydroxylation is 1. The minimum absolute atomic E-state index is 0.119. The molecule has 26 heavy (non-hydrogen) atoms. The first-order valence-corrected chi connectivity index (χ1v) is 8.23. The van der Waals surface area contributed by atoms with Gasteiger partial charge in [0, 0.05) is 6.42 Å². The Morgan fingerprint density at radius 3 is 2.69 bits per heavy atom. The van der Waals surface area contributed by atoms with E-state index in [1.807, 2.05) is 30.3 Å². The summed E-state index contributed by atoms with van der Waals surface area (Å²) in [5.41, 5.74) is 4.22. The maximum atomic E-state index is 11.8. The molecule has 0 aliphatic carbocycles. The number of nitrogens with zero attached hydrogens (tertiary/aromatic N) is 1. The van der Waals surface area contributed by atoms with Crippen molar-refractivity contribution in [1.82, 2.24) is 10.7 Å². The van der Waals surface area contributed by atoms with E-state index in [2.05, 4.69) is 15.8 Å². The average Bonchev–Trinajstić information content (AvgIpc) is 3.13. The van der Waals surface area contributed by atoms with Gasteiger partial charge >= 0.3 is 0 Å². The van der Waals surface area contributed by atoms with E-state index in [4.69, 9.17) is 9.47 Å². The van der Waals surface area contributed by atoms with Gasteiger partial charge in [0.15, 0.2) is 11.5 Å². The smallest absolute Gasteiger partial charge is 0.259 e. The van der Waals surface area contributed by atoms with Crippen molar-refractivity contribution in [3.8, 4) is 11.5 Å². The predicted octanol–water partition coefficient (Wildman–Crippen LogP) is 1.61. The molecule has 3 rings (SSSR count). The second kappa shape index (κ2) is 8.66. The van der Waals surface area contributed by atoms with Crippen molar-refractivity contribution in [2.45, 2.75) is 12.8 Å². The molecule has 1 aliphatic rings. The van der Waals surface area contributed by atoms with Crippen molar-refractivity contribution < 1.29 is 19.1 Å². The molecule has 2 amide bonds. The molecule has 0 saturated heterocycles. The molecule has 7 heteroatoms. The number of hydrogen-bond acceptors (Lipinski definition) is 5. The zero-order valence-electron chi connectivity index (χ0n) is 14.1. The van der Waals surface area contributed by atoms with E-state index >= 15 is 0 Å². The van der Waals surface area contributed by atoms with Gasteiger partial charge in [0.2, 0.25) is 12.7 Å². The van der Waals surface area contributed by atoms with Crippen LogP contribution < -0.4 is 20.2 Å². The van der Waals surface area contributed by atoms with Crippen LogP contribution in [0.5, 0.6) is 11.5 Å². The van der Waals surface area contributed by atoms with E-state index in [0.717, 1.165) is 11.1 Å². The van der Waals surface area contributed by atoms with Crippen molar-refractivity contribution in [3.05, 3.63) is 59.7 Å². The minimum Gasteiger partial charge on any atom is -0.454 e. The number of amides is 2. The molecule has 0 aromatic heterocycles. The minimum atomic E-state index is -0.393. The van der Waals surface area contributed by atoms with Crippen LogP contribution in [0.2, 0.25) is 0 Å². The van der Waals surface area contributed by atoms with E-state index in [1.165, 1.54) is 6.21 Å². The van der Waals surface area contributed by atoms with Gasteiger partial charge in [-0.2, -0.15) is 5.10 Å². The van der Waals surface area contributed by atoms with Gasteiger partial charge in [-0.1, -0.05) is 30.3 Å². The van der Waals surface area contributed by atoms with Gasteiger partial charge in [-0.15, -0.1) is 0 Å². The zero-order valence-corrected chi connectivity index (χ0v) is 14.1. The summed E-state index contributed by atoms with van der Waals surface area (Å²) >= 11 is 0. The second-order valence-corrected chi connectivity index (χ2v) is 5.67. The average molecular weight is 353 g/mol. The zero-order chi connectivity index (χ0) is 18.2. The Kier molecular flexibility index (Phi) is 5.82. The summed E-state index contributed by atoms with van der Waals surface area (Å²) in [5, 5.41) is 6.44. The third-order valence-electron chi connectivity index (χ3n) is 3.73. The molecule has 7 nitrogen and oxygen atoms in total. The lowest BCUT2D eigenvalue weighted by Gasteiger charge is -2.04. The molecule has 1 heterocycles. The third-order valence-corrected chi connectivity index (χ3v) is 3.73. The summed E-state index contributed by atoms with van der Waals surface area (Å²) in [7, 11) is 0. The molecular weight excluding hydrogens is 334 g/mol. The van der Waals surface area contributed by atoms with Crippen LogP contribution in [0.1, 0.15) is 17.5 Å². The topological polar surface area (TPSA) is 89.0 Å². The first kappa shape index (κ1) is 17.5. The number of nitrogens with one attached hydrogen (secondary N) is 2. The number of fused-ring (bicyclic) bond motifs is 1. The fraction of sp³-hybridized carbons (Fsp3) is 0.211. The van der Waals surface area contributed by atoms with Gasteiger partial charge in [-0.25, -0.2) is 5.43 Å². The van der Waals surface area contributed by atoms with E-state index in [0.29, 0.717) is 24.3 Å². The van der Waals surface area contributed by atoms with Crippen molar-refractivity contribution in [2.24, 2.45) is 5.10 Å². The summed E-state index contributed by atoms with van der Waals surface area (Å²) in [6.45, 7) is 0.0860. The van der Waals surface area contributed by atoms with Crippen molar-refractivity contribution in [2.75, 3.05) is 13.3 Å². The molecule has 0 fully saturated rings. The summed E-state index contributed by atoms with van der Waals surface area (Å²) in [5.74, 6) is 0.758. The molecule has 134 valence electrons. The van der Waals surface area contributed by atoms with Crippen molar-refractivity contribution in [3.63, 3.8) is 0 Å². The van der Waals surface area contributed by atoms with Crippen molar-refractivity contribution in [1.29, 1.82) is 0 Å². The molecule has 2 aromatic rings. The highest BCUT2D eigenvalue weighted by Gasteiger charge is 2.12. The molecule has 2 aromatic carbocycles. The van der Waals surface area contributed by atoms with Crippen LogP contribution in [-0.2, 0) is 16.0 Å². The Labute approximate surface area is 151 Å². The fourth-order valence-corrected chi connectivity index (χ4v) is 2.38. The number of hydrogen-bond donors (Lipinski definition) is 2. The molecule has 2 N–H and O–H groups in total. The first-order valence-electron chi connectivity index (χ1n) is 8.23. The summed E-state index contributed by atoms with van der Waals surface area (Å²) in [6.07, 6.45) is 2.46. The summed E-state index contributed by atoms with van der Waals surface area (Å²) in [4.78, 5) is 23.5. The van der Waals surface area contributed by atoms with Gasteiger partial charge in [-0.3, -0.25) is 9.59 Å². The van der Waals surface area contributed by atoms with E-state index in [9.17, 15) is 9.59 Å². The van der Waals surface area contributed by atoms with E-state index in [1.54, 1.807) is 18.2 Å². The largest absolute Gasteiger partial charge is 0.454 e. The maximum Gasteiger partial charge on any atom is 0.259 e. The number of benzene rings is 2. The van der Waals surface area contributed by atoms with Crippen LogP contribution in [-0.4, -0.2) is 31.4 Å². The monoisotopic (exact) mass is 353 g/mol. The molecule has 1 aliphatic heterocycles. The Bertz CT molecular complexity index is 806. The first-order chi connectivity index (χ1) is 12.7. The highest BCUT2D eigenvalue weighted by Crippen LogP contribution is 2.31. The van der Waals surface area contributed by atoms with Gasteiger partial charge in [0.1, 0.15) is 0 Å². The lowest BCUT2D eigenvalue weighted by Crippen LogP contribution is -2.35. The summed E-state index contributed by atoms with van der Waals surface area (Å²) in [6, 6.07) is 15.1. The Balaban J connectivity index is 1.36.